The van der Waals surface area contributed by atoms with Gasteiger partial charge in [0.2, 0.25) is 5.91 Å². The van der Waals surface area contributed by atoms with Gasteiger partial charge in [0.15, 0.2) is 0 Å². The molecular weight excluding hydrogens is 322 g/mol. The normalized spacial score (nSPS) is 28.1. The molecule has 0 aromatic heterocycles. The van der Waals surface area contributed by atoms with E-state index in [1.54, 1.807) is 0 Å². The summed E-state index contributed by atoms with van der Waals surface area (Å²) >= 11 is 0. The summed E-state index contributed by atoms with van der Waals surface area (Å²) in [5.41, 5.74) is 0.426. The molecule has 3 rings (SSSR count). The minimum atomic E-state index is 0.341. The van der Waals surface area contributed by atoms with Crippen molar-refractivity contribution in [1.29, 1.82) is 0 Å². The standard InChI is InChI=1S/C22H41N3O/c1-19(2)25-17-20(10-11-21(25)26)16-23(3)18-22(12-6-4-7-13-22)24-14-8-5-9-15-24/h19-20H,4-18H2,1-3H3. The zero-order valence-electron chi connectivity index (χ0n) is 17.5. The second-order valence-corrected chi connectivity index (χ2v) is 9.57. The molecule has 1 unspecified atom stereocenters. The number of likely N-dealkylation sites (tertiary alicyclic amines) is 2. The Bertz CT molecular complexity index is 452. The summed E-state index contributed by atoms with van der Waals surface area (Å²) in [4.78, 5) is 19.7. The summed E-state index contributed by atoms with van der Waals surface area (Å²) in [5.74, 6) is 0.998. The molecule has 4 heteroatoms. The average molecular weight is 364 g/mol. The van der Waals surface area contributed by atoms with Crippen molar-refractivity contribution in [3.63, 3.8) is 0 Å². The zero-order chi connectivity index (χ0) is 18.6. The van der Waals surface area contributed by atoms with E-state index in [1.165, 1.54) is 71.0 Å². The SMILES string of the molecule is CC(C)N1CC(CN(C)CC2(N3CCCCC3)CCCCC2)CCC1=O. The first-order valence-electron chi connectivity index (χ1n) is 11.2. The molecule has 3 fully saturated rings. The second kappa shape index (κ2) is 9.05. The molecule has 1 amide bonds. The third-order valence-corrected chi connectivity index (χ3v) is 7.11. The van der Waals surface area contributed by atoms with E-state index >= 15 is 0 Å². The Morgan fingerprint density at radius 1 is 1.08 bits per heavy atom. The third-order valence-electron chi connectivity index (χ3n) is 7.11. The molecule has 0 spiro atoms. The van der Waals surface area contributed by atoms with Crippen molar-refractivity contribution >= 4 is 5.91 Å². The summed E-state index contributed by atoms with van der Waals surface area (Å²) in [6.45, 7) is 10.2. The Morgan fingerprint density at radius 3 is 2.38 bits per heavy atom. The van der Waals surface area contributed by atoms with Crippen molar-refractivity contribution in [3.8, 4) is 0 Å². The van der Waals surface area contributed by atoms with Crippen molar-refractivity contribution in [2.24, 2.45) is 5.92 Å². The number of hydrogen-bond acceptors (Lipinski definition) is 3. The largest absolute Gasteiger partial charge is 0.340 e. The van der Waals surface area contributed by atoms with Gasteiger partial charge in [-0.2, -0.15) is 0 Å². The van der Waals surface area contributed by atoms with Crippen LogP contribution in [0.25, 0.3) is 0 Å². The number of hydrogen-bond donors (Lipinski definition) is 0. The molecule has 0 radical (unpaired) electrons. The van der Waals surface area contributed by atoms with Gasteiger partial charge in [-0.05, 0) is 72.0 Å². The Hall–Kier alpha value is -0.610. The second-order valence-electron chi connectivity index (χ2n) is 9.57. The van der Waals surface area contributed by atoms with Crippen molar-refractivity contribution in [1.82, 2.24) is 14.7 Å². The van der Waals surface area contributed by atoms with E-state index in [4.69, 9.17) is 0 Å². The Morgan fingerprint density at radius 2 is 1.73 bits per heavy atom. The van der Waals surface area contributed by atoms with E-state index in [9.17, 15) is 4.79 Å². The van der Waals surface area contributed by atoms with Crippen LogP contribution in [0.3, 0.4) is 0 Å². The van der Waals surface area contributed by atoms with Crippen LogP contribution in [0, 0.1) is 5.92 Å². The van der Waals surface area contributed by atoms with Gasteiger partial charge in [-0.25, -0.2) is 0 Å². The molecule has 0 N–H and O–H groups in total. The summed E-state index contributed by atoms with van der Waals surface area (Å²) in [7, 11) is 2.33. The first kappa shape index (κ1) is 20.1. The van der Waals surface area contributed by atoms with Crippen LogP contribution in [-0.2, 0) is 4.79 Å². The lowest BCUT2D eigenvalue weighted by Crippen LogP contribution is -2.58. The fourth-order valence-corrected chi connectivity index (χ4v) is 5.75. The quantitative estimate of drug-likeness (QED) is 0.719. The lowest BCUT2D eigenvalue weighted by atomic mass is 9.78. The van der Waals surface area contributed by atoms with Gasteiger partial charge in [0.05, 0.1) is 0 Å². The maximum absolute atomic E-state index is 12.1. The number of nitrogens with zero attached hydrogens (tertiary/aromatic N) is 3. The van der Waals surface area contributed by atoms with E-state index in [0.717, 1.165) is 25.9 Å². The number of amides is 1. The molecule has 1 aliphatic carbocycles. The molecule has 26 heavy (non-hydrogen) atoms. The molecule has 0 aromatic rings. The van der Waals surface area contributed by atoms with Crippen molar-refractivity contribution in [2.75, 3.05) is 39.8 Å². The number of rotatable bonds is 6. The maximum atomic E-state index is 12.1. The van der Waals surface area contributed by atoms with Crippen LogP contribution in [0.5, 0.6) is 0 Å². The maximum Gasteiger partial charge on any atom is 0.222 e. The molecular formula is C22H41N3O. The molecule has 4 nitrogen and oxygen atoms in total. The van der Waals surface area contributed by atoms with Crippen LogP contribution < -0.4 is 0 Å². The lowest BCUT2D eigenvalue weighted by molar-refractivity contribution is -0.137. The minimum Gasteiger partial charge on any atom is -0.340 e. The summed E-state index contributed by atoms with van der Waals surface area (Å²) in [6.07, 6.45) is 13.0. The number of carbonyl (C=O) groups excluding carboxylic acids is 1. The third kappa shape index (κ3) is 4.81. The molecule has 2 saturated heterocycles. The first-order valence-corrected chi connectivity index (χ1v) is 11.2. The highest BCUT2D eigenvalue weighted by molar-refractivity contribution is 5.77. The summed E-state index contributed by atoms with van der Waals surface area (Å²) < 4.78 is 0. The molecule has 1 saturated carbocycles. The van der Waals surface area contributed by atoms with Crippen LogP contribution in [0.1, 0.15) is 78.1 Å². The highest BCUT2D eigenvalue weighted by atomic mass is 16.2. The minimum absolute atomic E-state index is 0.341. The first-order chi connectivity index (χ1) is 12.5. The van der Waals surface area contributed by atoms with E-state index in [0.29, 0.717) is 23.4 Å². The van der Waals surface area contributed by atoms with Crippen molar-refractivity contribution < 1.29 is 4.79 Å². The topological polar surface area (TPSA) is 26.8 Å². The van der Waals surface area contributed by atoms with Gasteiger partial charge in [-0.1, -0.05) is 25.7 Å². The van der Waals surface area contributed by atoms with E-state index in [1.807, 2.05) is 0 Å². The van der Waals surface area contributed by atoms with E-state index in [-0.39, 0.29) is 0 Å². The number of likely N-dealkylation sites (N-methyl/N-ethyl adjacent to an activating group) is 1. The molecule has 2 heterocycles. The van der Waals surface area contributed by atoms with Crippen LogP contribution in [-0.4, -0.2) is 72.0 Å². The number of carbonyl (C=O) groups is 1. The Labute approximate surface area is 161 Å². The monoisotopic (exact) mass is 363 g/mol. The van der Waals surface area contributed by atoms with Gasteiger partial charge in [0.25, 0.3) is 0 Å². The molecule has 150 valence electrons. The average Bonchev–Trinajstić information content (AvgIpc) is 2.64. The van der Waals surface area contributed by atoms with Gasteiger partial charge in [0, 0.05) is 37.6 Å². The molecule has 3 aliphatic rings. The van der Waals surface area contributed by atoms with Gasteiger partial charge in [-0.15, -0.1) is 0 Å². The Balaban J connectivity index is 1.59. The van der Waals surface area contributed by atoms with Gasteiger partial charge >= 0.3 is 0 Å². The molecule has 2 aliphatic heterocycles. The fourth-order valence-electron chi connectivity index (χ4n) is 5.75. The molecule has 1 atom stereocenters. The smallest absolute Gasteiger partial charge is 0.222 e. The summed E-state index contributed by atoms with van der Waals surface area (Å²) in [5, 5.41) is 0. The van der Waals surface area contributed by atoms with Gasteiger partial charge in [-0.3, -0.25) is 9.69 Å². The number of piperidine rings is 2. The lowest BCUT2D eigenvalue weighted by Gasteiger charge is -2.50. The predicted octanol–water partition coefficient (Wildman–Crippen LogP) is 3.75. The van der Waals surface area contributed by atoms with Crippen LogP contribution in [0.4, 0.5) is 0 Å². The molecule has 0 bridgehead atoms. The zero-order valence-corrected chi connectivity index (χ0v) is 17.5. The predicted molar refractivity (Wildman–Crippen MR) is 108 cm³/mol. The van der Waals surface area contributed by atoms with Gasteiger partial charge < -0.3 is 9.80 Å². The van der Waals surface area contributed by atoms with E-state index in [2.05, 4.69) is 35.6 Å². The van der Waals surface area contributed by atoms with Crippen molar-refractivity contribution in [2.45, 2.75) is 89.6 Å². The summed E-state index contributed by atoms with van der Waals surface area (Å²) in [6, 6.07) is 0.341. The molecule has 0 aromatic carbocycles. The van der Waals surface area contributed by atoms with Crippen LogP contribution in [0.15, 0.2) is 0 Å². The highest BCUT2D eigenvalue weighted by Gasteiger charge is 2.39. The van der Waals surface area contributed by atoms with Gasteiger partial charge in [0.1, 0.15) is 0 Å². The fraction of sp³-hybridized carbons (Fsp3) is 0.955. The Kier molecular flexibility index (Phi) is 7.01. The van der Waals surface area contributed by atoms with Crippen molar-refractivity contribution in [3.05, 3.63) is 0 Å². The highest BCUT2D eigenvalue weighted by Crippen LogP contribution is 2.36. The van der Waals surface area contributed by atoms with Crippen LogP contribution >= 0.6 is 0 Å². The van der Waals surface area contributed by atoms with E-state index < -0.39 is 0 Å². The van der Waals surface area contributed by atoms with Crippen LogP contribution in [0.2, 0.25) is 0 Å².